The third-order valence-electron chi connectivity index (χ3n) is 3.49. The molecule has 146 valence electrons. The van der Waals surface area contributed by atoms with E-state index in [-0.39, 0.29) is 10.8 Å². The number of halogens is 1. The molecule has 0 saturated carbocycles. The van der Waals surface area contributed by atoms with Crippen LogP contribution in [-0.2, 0) is 19.5 Å². The standard InChI is InChI=1S/C18H21FN2O5S/c1-25-12-13-26-11-10-20-18(22)14-2-6-16(7-3-14)21-27(23,24)17-8-4-15(19)5-9-17/h2-9,21H,10-13H2,1H3,(H,20,22). The fraction of sp³-hybridized carbons (Fsp3) is 0.278. The highest BCUT2D eigenvalue weighted by Gasteiger charge is 2.14. The van der Waals surface area contributed by atoms with Gasteiger partial charge in [-0.15, -0.1) is 0 Å². The van der Waals surface area contributed by atoms with Crippen molar-refractivity contribution < 1.29 is 27.1 Å². The number of carbonyl (C=O) groups is 1. The number of sulfonamides is 1. The molecule has 0 spiro atoms. The highest BCUT2D eigenvalue weighted by Crippen LogP contribution is 2.17. The number of anilines is 1. The first kappa shape index (κ1) is 20.8. The van der Waals surface area contributed by atoms with E-state index < -0.39 is 15.8 Å². The fourth-order valence-electron chi connectivity index (χ4n) is 2.10. The Hall–Kier alpha value is -2.49. The van der Waals surface area contributed by atoms with Crippen molar-refractivity contribution in [3.8, 4) is 0 Å². The monoisotopic (exact) mass is 396 g/mol. The van der Waals surface area contributed by atoms with Crippen molar-refractivity contribution in [3.05, 3.63) is 59.9 Å². The summed E-state index contributed by atoms with van der Waals surface area (Å²) < 4.78 is 49.9. The largest absolute Gasteiger partial charge is 0.382 e. The van der Waals surface area contributed by atoms with Crippen molar-refractivity contribution in [3.63, 3.8) is 0 Å². The summed E-state index contributed by atoms with van der Waals surface area (Å²) in [5.74, 6) is -0.813. The van der Waals surface area contributed by atoms with E-state index in [9.17, 15) is 17.6 Å². The van der Waals surface area contributed by atoms with Crippen molar-refractivity contribution >= 4 is 21.6 Å². The van der Waals surface area contributed by atoms with Crippen LogP contribution in [0.2, 0.25) is 0 Å². The van der Waals surface area contributed by atoms with Gasteiger partial charge in [0.25, 0.3) is 15.9 Å². The zero-order valence-electron chi connectivity index (χ0n) is 14.8. The van der Waals surface area contributed by atoms with E-state index in [1.165, 1.54) is 36.4 Å². The van der Waals surface area contributed by atoms with E-state index in [1.807, 2.05) is 0 Å². The summed E-state index contributed by atoms with van der Waals surface area (Å²) in [6.07, 6.45) is 0. The van der Waals surface area contributed by atoms with Crippen molar-refractivity contribution in [2.45, 2.75) is 4.90 Å². The lowest BCUT2D eigenvalue weighted by molar-refractivity contribution is 0.0692. The first-order valence-corrected chi connectivity index (χ1v) is 9.64. The number of nitrogens with one attached hydrogen (secondary N) is 2. The number of amides is 1. The molecule has 0 bridgehead atoms. The van der Waals surface area contributed by atoms with Gasteiger partial charge in [-0.3, -0.25) is 9.52 Å². The number of ether oxygens (including phenoxy) is 2. The molecule has 0 aliphatic carbocycles. The summed E-state index contributed by atoms with van der Waals surface area (Å²) in [7, 11) is -2.25. The molecular weight excluding hydrogens is 375 g/mol. The Morgan fingerprint density at radius 2 is 1.67 bits per heavy atom. The molecule has 0 fully saturated rings. The predicted octanol–water partition coefficient (Wildman–Crippen LogP) is 2.02. The minimum absolute atomic E-state index is 0.0563. The molecular formula is C18H21FN2O5S. The van der Waals surface area contributed by atoms with Crippen LogP contribution in [0.3, 0.4) is 0 Å². The van der Waals surface area contributed by atoms with Crippen molar-refractivity contribution in [1.82, 2.24) is 5.32 Å². The van der Waals surface area contributed by atoms with Gasteiger partial charge in [-0.25, -0.2) is 12.8 Å². The minimum Gasteiger partial charge on any atom is -0.382 e. The number of hydrogen-bond acceptors (Lipinski definition) is 5. The van der Waals surface area contributed by atoms with Crippen LogP contribution in [0.1, 0.15) is 10.4 Å². The molecule has 2 rings (SSSR count). The Balaban J connectivity index is 1.89. The van der Waals surface area contributed by atoms with Gasteiger partial charge in [0.1, 0.15) is 5.82 Å². The topological polar surface area (TPSA) is 93.7 Å². The number of benzene rings is 2. The van der Waals surface area contributed by atoms with Crippen LogP contribution in [0.25, 0.3) is 0 Å². The van der Waals surface area contributed by atoms with Crippen molar-refractivity contribution in [2.75, 3.05) is 38.2 Å². The average molecular weight is 396 g/mol. The first-order chi connectivity index (χ1) is 12.9. The van der Waals surface area contributed by atoms with E-state index in [2.05, 4.69) is 10.0 Å². The lowest BCUT2D eigenvalue weighted by Gasteiger charge is -2.09. The van der Waals surface area contributed by atoms with E-state index in [0.717, 1.165) is 12.1 Å². The van der Waals surface area contributed by atoms with Crippen LogP contribution in [0.5, 0.6) is 0 Å². The van der Waals surface area contributed by atoms with Gasteiger partial charge in [0.2, 0.25) is 0 Å². The Kier molecular flexibility index (Phi) is 7.71. The molecule has 0 unspecified atom stereocenters. The van der Waals surface area contributed by atoms with Gasteiger partial charge in [-0.05, 0) is 48.5 Å². The summed E-state index contributed by atoms with van der Waals surface area (Å²) in [5.41, 5.74) is 0.676. The zero-order chi connectivity index (χ0) is 19.7. The predicted molar refractivity (Wildman–Crippen MR) is 98.7 cm³/mol. The molecule has 2 N–H and O–H groups in total. The van der Waals surface area contributed by atoms with Crippen molar-refractivity contribution in [1.29, 1.82) is 0 Å². The van der Waals surface area contributed by atoms with E-state index in [4.69, 9.17) is 9.47 Å². The highest BCUT2D eigenvalue weighted by atomic mass is 32.2. The molecule has 0 saturated heterocycles. The SMILES string of the molecule is COCCOCCNC(=O)c1ccc(NS(=O)(=O)c2ccc(F)cc2)cc1. The Morgan fingerprint density at radius 3 is 2.30 bits per heavy atom. The average Bonchev–Trinajstić information content (AvgIpc) is 2.65. The second-order valence-corrected chi connectivity index (χ2v) is 7.18. The van der Waals surface area contributed by atoms with Crippen LogP contribution in [-0.4, -0.2) is 47.8 Å². The molecule has 1 amide bonds. The summed E-state index contributed by atoms with van der Waals surface area (Å²) in [4.78, 5) is 12.0. The minimum atomic E-state index is -3.83. The molecule has 9 heteroatoms. The molecule has 0 heterocycles. The van der Waals surface area contributed by atoms with Crippen LogP contribution < -0.4 is 10.0 Å². The van der Waals surface area contributed by atoms with Crippen LogP contribution in [0, 0.1) is 5.82 Å². The number of carbonyl (C=O) groups excluding carboxylic acids is 1. The van der Waals surface area contributed by atoms with Crippen LogP contribution in [0.15, 0.2) is 53.4 Å². The maximum Gasteiger partial charge on any atom is 0.261 e. The second kappa shape index (κ2) is 10.0. The number of hydrogen-bond donors (Lipinski definition) is 2. The Labute approximate surface area is 157 Å². The molecule has 0 aromatic heterocycles. The van der Waals surface area contributed by atoms with Crippen molar-refractivity contribution in [2.24, 2.45) is 0 Å². The van der Waals surface area contributed by atoms with Gasteiger partial charge in [0.05, 0.1) is 24.7 Å². The second-order valence-electron chi connectivity index (χ2n) is 5.50. The summed E-state index contributed by atoms with van der Waals surface area (Å²) >= 11 is 0. The molecule has 0 aliphatic rings. The smallest absolute Gasteiger partial charge is 0.261 e. The van der Waals surface area contributed by atoms with Gasteiger partial charge in [0.15, 0.2) is 0 Å². The maximum absolute atomic E-state index is 12.9. The first-order valence-electron chi connectivity index (χ1n) is 8.16. The lowest BCUT2D eigenvalue weighted by Crippen LogP contribution is -2.27. The lowest BCUT2D eigenvalue weighted by atomic mass is 10.2. The van der Waals surface area contributed by atoms with Gasteiger partial charge in [-0.2, -0.15) is 0 Å². The zero-order valence-corrected chi connectivity index (χ0v) is 15.6. The van der Waals surface area contributed by atoms with Crippen LogP contribution in [0.4, 0.5) is 10.1 Å². The molecule has 0 radical (unpaired) electrons. The maximum atomic E-state index is 12.9. The summed E-state index contributed by atoms with van der Waals surface area (Å²) in [6, 6.07) is 10.5. The Morgan fingerprint density at radius 1 is 1.00 bits per heavy atom. The van der Waals surface area contributed by atoms with Gasteiger partial charge >= 0.3 is 0 Å². The molecule has 2 aromatic carbocycles. The quantitative estimate of drug-likeness (QED) is 0.600. The molecule has 2 aromatic rings. The third-order valence-corrected chi connectivity index (χ3v) is 4.88. The normalized spacial score (nSPS) is 11.2. The molecule has 0 atom stereocenters. The molecule has 27 heavy (non-hydrogen) atoms. The Bertz CT molecular complexity index is 839. The summed E-state index contributed by atoms with van der Waals surface area (Å²) in [6.45, 7) is 1.66. The van der Waals surface area contributed by atoms with E-state index in [1.54, 1.807) is 7.11 Å². The highest BCUT2D eigenvalue weighted by molar-refractivity contribution is 7.92. The fourth-order valence-corrected chi connectivity index (χ4v) is 3.16. The van der Waals surface area contributed by atoms with Crippen LogP contribution >= 0.6 is 0 Å². The third kappa shape index (κ3) is 6.63. The van der Waals surface area contributed by atoms with Gasteiger partial charge in [0, 0.05) is 24.9 Å². The van der Waals surface area contributed by atoms with Gasteiger partial charge < -0.3 is 14.8 Å². The molecule has 7 nitrogen and oxygen atoms in total. The van der Waals surface area contributed by atoms with Gasteiger partial charge in [-0.1, -0.05) is 0 Å². The van der Waals surface area contributed by atoms with E-state index in [0.29, 0.717) is 37.6 Å². The number of methoxy groups -OCH3 is 1. The van der Waals surface area contributed by atoms with E-state index >= 15 is 0 Å². The summed E-state index contributed by atoms with van der Waals surface area (Å²) in [5, 5.41) is 2.70. The molecule has 0 aliphatic heterocycles. The number of rotatable bonds is 10.